The highest BCUT2D eigenvalue weighted by Crippen LogP contribution is 2.35. The number of aromatic nitrogens is 2. The Balaban J connectivity index is 1.55. The SMILES string of the molecule is N#Cc1c(-c2cccc(C(=O)NCC3CCCN3)c2)cc(-c2ccccc2O)nc1NC(=O)c1ccncc1. The minimum atomic E-state index is -0.463. The highest BCUT2D eigenvalue weighted by Gasteiger charge is 2.20. The number of hydrogen-bond acceptors (Lipinski definition) is 7. The third-order valence-electron chi connectivity index (χ3n) is 6.59. The summed E-state index contributed by atoms with van der Waals surface area (Å²) in [7, 11) is 0. The van der Waals surface area contributed by atoms with Gasteiger partial charge in [-0.1, -0.05) is 24.3 Å². The van der Waals surface area contributed by atoms with E-state index in [2.05, 4.69) is 32.0 Å². The van der Waals surface area contributed by atoms with Crippen LogP contribution >= 0.6 is 0 Å². The summed E-state index contributed by atoms with van der Waals surface area (Å²) in [5, 5.41) is 29.7. The van der Waals surface area contributed by atoms with Crippen molar-refractivity contribution in [3.8, 4) is 34.2 Å². The van der Waals surface area contributed by atoms with Crippen LogP contribution in [0.4, 0.5) is 5.82 Å². The van der Waals surface area contributed by atoms with Crippen molar-refractivity contribution in [2.75, 3.05) is 18.4 Å². The number of para-hydroxylation sites is 1. The number of aromatic hydroxyl groups is 1. The molecule has 1 unspecified atom stereocenters. The maximum atomic E-state index is 13.0. The van der Waals surface area contributed by atoms with Crippen molar-refractivity contribution in [3.05, 3.63) is 95.8 Å². The summed E-state index contributed by atoms with van der Waals surface area (Å²) < 4.78 is 0. The second kappa shape index (κ2) is 11.5. The van der Waals surface area contributed by atoms with Gasteiger partial charge in [-0.3, -0.25) is 14.6 Å². The fourth-order valence-corrected chi connectivity index (χ4v) is 4.56. The Kier molecular flexibility index (Phi) is 7.57. The molecule has 39 heavy (non-hydrogen) atoms. The van der Waals surface area contributed by atoms with Crippen molar-refractivity contribution in [1.82, 2.24) is 20.6 Å². The number of rotatable bonds is 7. The van der Waals surface area contributed by atoms with Crippen LogP contribution in [0.5, 0.6) is 5.75 Å². The van der Waals surface area contributed by atoms with E-state index in [1.165, 1.54) is 18.5 Å². The zero-order valence-electron chi connectivity index (χ0n) is 21.0. The van der Waals surface area contributed by atoms with Crippen LogP contribution in [0.3, 0.4) is 0 Å². The lowest BCUT2D eigenvalue weighted by molar-refractivity contribution is 0.0949. The minimum Gasteiger partial charge on any atom is -0.507 e. The van der Waals surface area contributed by atoms with Crippen molar-refractivity contribution < 1.29 is 14.7 Å². The van der Waals surface area contributed by atoms with E-state index >= 15 is 0 Å². The van der Waals surface area contributed by atoms with Crippen LogP contribution in [0.2, 0.25) is 0 Å². The molecule has 2 aromatic carbocycles. The van der Waals surface area contributed by atoms with Crippen molar-refractivity contribution in [3.63, 3.8) is 0 Å². The third kappa shape index (κ3) is 5.76. The Labute approximate surface area is 225 Å². The van der Waals surface area contributed by atoms with E-state index in [0.29, 0.717) is 40.1 Å². The summed E-state index contributed by atoms with van der Waals surface area (Å²) in [6.45, 7) is 1.48. The smallest absolute Gasteiger partial charge is 0.256 e. The van der Waals surface area contributed by atoms with Crippen LogP contribution in [-0.4, -0.2) is 46.0 Å². The molecule has 2 aromatic heterocycles. The van der Waals surface area contributed by atoms with Crippen LogP contribution in [0.25, 0.3) is 22.4 Å². The van der Waals surface area contributed by atoms with E-state index < -0.39 is 5.91 Å². The van der Waals surface area contributed by atoms with Gasteiger partial charge in [-0.15, -0.1) is 0 Å². The van der Waals surface area contributed by atoms with Gasteiger partial charge in [0, 0.05) is 47.2 Å². The summed E-state index contributed by atoms with van der Waals surface area (Å²) in [4.78, 5) is 34.4. The van der Waals surface area contributed by atoms with E-state index in [9.17, 15) is 20.0 Å². The highest BCUT2D eigenvalue weighted by molar-refractivity contribution is 6.05. The number of benzene rings is 2. The van der Waals surface area contributed by atoms with E-state index in [-0.39, 0.29) is 29.1 Å². The van der Waals surface area contributed by atoms with Gasteiger partial charge >= 0.3 is 0 Å². The van der Waals surface area contributed by atoms with Gasteiger partial charge in [0.15, 0.2) is 5.82 Å². The Bertz CT molecular complexity index is 1560. The van der Waals surface area contributed by atoms with Gasteiger partial charge in [-0.25, -0.2) is 4.98 Å². The number of carbonyl (C=O) groups excluding carboxylic acids is 2. The predicted molar refractivity (Wildman–Crippen MR) is 147 cm³/mol. The van der Waals surface area contributed by atoms with Crippen molar-refractivity contribution in [2.45, 2.75) is 18.9 Å². The molecule has 0 saturated carbocycles. The first-order valence-electron chi connectivity index (χ1n) is 12.6. The highest BCUT2D eigenvalue weighted by atomic mass is 16.3. The lowest BCUT2D eigenvalue weighted by Crippen LogP contribution is -2.37. The van der Waals surface area contributed by atoms with Gasteiger partial charge in [0.1, 0.15) is 17.4 Å². The van der Waals surface area contributed by atoms with Crippen molar-refractivity contribution >= 4 is 17.6 Å². The number of pyridine rings is 2. The molecule has 5 rings (SSSR count). The zero-order chi connectivity index (χ0) is 27.2. The molecule has 194 valence electrons. The number of carbonyl (C=O) groups is 2. The monoisotopic (exact) mass is 518 g/mol. The van der Waals surface area contributed by atoms with E-state index in [0.717, 1.165) is 19.4 Å². The van der Waals surface area contributed by atoms with E-state index in [4.69, 9.17) is 0 Å². The maximum Gasteiger partial charge on any atom is 0.256 e. The van der Waals surface area contributed by atoms with Gasteiger partial charge in [0.05, 0.1) is 5.69 Å². The van der Waals surface area contributed by atoms with Gasteiger partial charge in [-0.05, 0) is 67.4 Å². The largest absolute Gasteiger partial charge is 0.507 e. The van der Waals surface area contributed by atoms with E-state index in [1.807, 2.05) is 0 Å². The lowest BCUT2D eigenvalue weighted by atomic mass is 9.96. The quantitative estimate of drug-likeness (QED) is 0.288. The molecule has 1 saturated heterocycles. The van der Waals surface area contributed by atoms with E-state index in [1.54, 1.807) is 60.7 Å². The maximum absolute atomic E-state index is 13.0. The summed E-state index contributed by atoms with van der Waals surface area (Å²) in [6, 6.07) is 20.8. The second-order valence-corrected chi connectivity index (χ2v) is 9.18. The molecule has 1 aliphatic heterocycles. The second-order valence-electron chi connectivity index (χ2n) is 9.18. The number of phenols is 1. The number of amides is 2. The summed E-state index contributed by atoms with van der Waals surface area (Å²) in [5.74, 6) is -0.640. The summed E-state index contributed by atoms with van der Waals surface area (Å²) >= 11 is 0. The summed E-state index contributed by atoms with van der Waals surface area (Å²) in [5.41, 5.74) is 2.76. The first-order chi connectivity index (χ1) is 19.0. The van der Waals surface area contributed by atoms with Crippen LogP contribution in [0, 0.1) is 11.3 Å². The Morgan fingerprint density at radius 2 is 1.82 bits per heavy atom. The van der Waals surface area contributed by atoms with Crippen LogP contribution in [0.15, 0.2) is 79.1 Å². The molecule has 0 aliphatic carbocycles. The number of nitrogens with one attached hydrogen (secondary N) is 3. The molecule has 9 nitrogen and oxygen atoms in total. The predicted octanol–water partition coefficient (Wildman–Crippen LogP) is 4.12. The van der Waals surface area contributed by atoms with Crippen molar-refractivity contribution in [2.24, 2.45) is 0 Å². The molecule has 3 heterocycles. The molecule has 0 bridgehead atoms. The number of phenolic OH excluding ortho intramolecular Hbond substituents is 1. The number of nitrogens with zero attached hydrogens (tertiary/aromatic N) is 3. The van der Waals surface area contributed by atoms with Gasteiger partial charge in [0.25, 0.3) is 11.8 Å². The molecule has 4 N–H and O–H groups in total. The van der Waals surface area contributed by atoms with Crippen LogP contribution in [-0.2, 0) is 0 Å². The Hall–Kier alpha value is -5.07. The molecular formula is C30H26N6O3. The first-order valence-corrected chi connectivity index (χ1v) is 12.6. The normalized spacial score (nSPS) is 14.4. The molecule has 9 heteroatoms. The van der Waals surface area contributed by atoms with Crippen molar-refractivity contribution in [1.29, 1.82) is 5.26 Å². The standard InChI is InChI=1S/C30H26N6O3/c31-17-25-24(20-5-3-6-21(15-20)29(38)34-18-22-7-4-12-33-22)16-26(23-8-1-2-9-27(23)37)35-28(25)36-30(39)19-10-13-32-14-11-19/h1-3,5-6,8-11,13-16,22,33,37H,4,7,12,18H2,(H,34,38)(H,35,36,39). The van der Waals surface area contributed by atoms with Crippen LogP contribution < -0.4 is 16.0 Å². The molecule has 1 aliphatic rings. The Morgan fingerprint density at radius 1 is 1.00 bits per heavy atom. The molecule has 4 aromatic rings. The lowest BCUT2D eigenvalue weighted by Gasteiger charge is -2.15. The van der Waals surface area contributed by atoms with Crippen LogP contribution in [0.1, 0.15) is 39.1 Å². The number of anilines is 1. The fraction of sp³-hybridized carbons (Fsp3) is 0.167. The third-order valence-corrected chi connectivity index (χ3v) is 6.59. The average Bonchev–Trinajstić information content (AvgIpc) is 3.50. The fourth-order valence-electron chi connectivity index (χ4n) is 4.56. The van der Waals surface area contributed by atoms with Gasteiger partial charge < -0.3 is 21.1 Å². The van der Waals surface area contributed by atoms with Gasteiger partial charge in [0.2, 0.25) is 0 Å². The molecule has 1 atom stereocenters. The number of nitriles is 1. The van der Waals surface area contributed by atoms with Gasteiger partial charge in [-0.2, -0.15) is 5.26 Å². The Morgan fingerprint density at radius 3 is 2.56 bits per heavy atom. The molecule has 0 spiro atoms. The molecular weight excluding hydrogens is 492 g/mol. The molecule has 0 radical (unpaired) electrons. The molecule has 1 fully saturated rings. The summed E-state index contributed by atoms with van der Waals surface area (Å²) in [6.07, 6.45) is 5.10. The number of hydrogen-bond donors (Lipinski definition) is 4. The topological polar surface area (TPSA) is 140 Å². The zero-order valence-corrected chi connectivity index (χ0v) is 21.0. The molecule has 2 amide bonds. The minimum absolute atomic E-state index is 0.000665. The average molecular weight is 519 g/mol. The first kappa shape index (κ1) is 25.6.